The molecule has 2 heterocycles. The molecule has 0 aromatic rings. The lowest BCUT2D eigenvalue weighted by Crippen LogP contribution is -2.47. The van der Waals surface area contributed by atoms with Gasteiger partial charge in [-0.3, -0.25) is 4.79 Å². The van der Waals surface area contributed by atoms with Crippen molar-refractivity contribution in [2.45, 2.75) is 51.0 Å². The zero-order chi connectivity index (χ0) is 15.9. The van der Waals surface area contributed by atoms with Gasteiger partial charge in [-0.2, -0.15) is 0 Å². The lowest BCUT2D eigenvalue weighted by molar-refractivity contribution is -0.132. The maximum atomic E-state index is 12.2. The van der Waals surface area contributed by atoms with Crippen molar-refractivity contribution in [2.75, 3.05) is 52.4 Å². The molecule has 0 radical (unpaired) electrons. The summed E-state index contributed by atoms with van der Waals surface area (Å²) >= 11 is 0. The van der Waals surface area contributed by atoms with Crippen molar-refractivity contribution in [1.82, 2.24) is 15.1 Å². The average molecular weight is 323 g/mol. The molecule has 1 amide bonds. The molecule has 132 valence electrons. The average Bonchev–Trinajstić information content (AvgIpc) is 3.13. The Morgan fingerprint density at radius 1 is 1.00 bits per heavy atom. The minimum Gasteiger partial charge on any atom is -0.378 e. The van der Waals surface area contributed by atoms with E-state index < -0.39 is 0 Å². The second-order valence-corrected chi connectivity index (χ2v) is 7.41. The third-order valence-electron chi connectivity index (χ3n) is 5.69. The van der Waals surface area contributed by atoms with Crippen LogP contribution in [0, 0.1) is 5.92 Å². The summed E-state index contributed by atoms with van der Waals surface area (Å²) in [6, 6.07) is 0. The summed E-state index contributed by atoms with van der Waals surface area (Å²) in [6.07, 6.45) is 8.92. The summed E-state index contributed by atoms with van der Waals surface area (Å²) in [5, 5.41) is 3.29. The van der Waals surface area contributed by atoms with Crippen LogP contribution in [0.2, 0.25) is 0 Å². The van der Waals surface area contributed by atoms with Crippen molar-refractivity contribution in [3.63, 3.8) is 0 Å². The summed E-state index contributed by atoms with van der Waals surface area (Å²) < 4.78 is 6.13. The van der Waals surface area contributed by atoms with Gasteiger partial charge in [0.2, 0.25) is 5.91 Å². The number of amides is 1. The number of likely N-dealkylation sites (tertiary alicyclic amines) is 1. The van der Waals surface area contributed by atoms with E-state index in [9.17, 15) is 4.79 Å². The Morgan fingerprint density at radius 3 is 2.39 bits per heavy atom. The minimum absolute atomic E-state index is 0.325. The molecule has 3 rings (SSSR count). The molecule has 1 N–H and O–H groups in total. The van der Waals surface area contributed by atoms with Crippen molar-refractivity contribution in [3.05, 3.63) is 0 Å². The van der Waals surface area contributed by atoms with Gasteiger partial charge >= 0.3 is 0 Å². The highest BCUT2D eigenvalue weighted by atomic mass is 16.5. The van der Waals surface area contributed by atoms with Gasteiger partial charge in [-0.05, 0) is 31.6 Å². The molecule has 5 heteroatoms. The van der Waals surface area contributed by atoms with Gasteiger partial charge in [-0.15, -0.1) is 0 Å². The summed E-state index contributed by atoms with van der Waals surface area (Å²) in [6.45, 7) is 7.69. The Kier molecular flexibility index (Phi) is 6.72. The summed E-state index contributed by atoms with van der Waals surface area (Å²) in [5.41, 5.74) is 0. The number of piperazine rings is 1. The highest BCUT2D eigenvalue weighted by Crippen LogP contribution is 2.26. The molecule has 3 aliphatic rings. The SMILES string of the molecule is O=C(CCN1CCC(OCC2CCCC2)CC1)N1CCNCC1. The molecule has 2 saturated heterocycles. The van der Waals surface area contributed by atoms with E-state index in [0.29, 0.717) is 18.4 Å². The summed E-state index contributed by atoms with van der Waals surface area (Å²) in [7, 11) is 0. The van der Waals surface area contributed by atoms with Crippen LogP contribution in [0.1, 0.15) is 44.9 Å². The highest BCUT2D eigenvalue weighted by Gasteiger charge is 2.23. The predicted octanol–water partition coefficient (Wildman–Crippen LogP) is 1.48. The van der Waals surface area contributed by atoms with E-state index in [1.165, 1.54) is 25.7 Å². The van der Waals surface area contributed by atoms with Crippen LogP contribution in [-0.2, 0) is 9.53 Å². The molecule has 2 aliphatic heterocycles. The Bertz CT molecular complexity index is 357. The van der Waals surface area contributed by atoms with Crippen molar-refractivity contribution >= 4 is 5.91 Å². The van der Waals surface area contributed by atoms with Crippen molar-refractivity contribution in [3.8, 4) is 0 Å². The smallest absolute Gasteiger partial charge is 0.223 e. The molecular formula is C18H33N3O2. The van der Waals surface area contributed by atoms with Crippen LogP contribution in [0.5, 0.6) is 0 Å². The number of hydrogen-bond donors (Lipinski definition) is 1. The first kappa shape index (κ1) is 17.2. The number of hydrogen-bond acceptors (Lipinski definition) is 4. The zero-order valence-corrected chi connectivity index (χ0v) is 14.5. The number of nitrogens with zero attached hydrogens (tertiary/aromatic N) is 2. The van der Waals surface area contributed by atoms with Gasteiger partial charge in [0.25, 0.3) is 0 Å². The van der Waals surface area contributed by atoms with Gasteiger partial charge in [-0.25, -0.2) is 0 Å². The number of rotatable bonds is 6. The van der Waals surface area contributed by atoms with Crippen molar-refractivity contribution in [1.29, 1.82) is 0 Å². The molecule has 0 spiro atoms. The molecular weight excluding hydrogens is 290 g/mol. The quantitative estimate of drug-likeness (QED) is 0.804. The fraction of sp³-hybridized carbons (Fsp3) is 0.944. The summed E-state index contributed by atoms with van der Waals surface area (Å²) in [4.78, 5) is 16.6. The minimum atomic E-state index is 0.325. The van der Waals surface area contributed by atoms with Crippen LogP contribution in [0.4, 0.5) is 0 Å². The van der Waals surface area contributed by atoms with Crippen LogP contribution in [0.25, 0.3) is 0 Å². The maximum Gasteiger partial charge on any atom is 0.223 e. The topological polar surface area (TPSA) is 44.8 Å². The summed E-state index contributed by atoms with van der Waals surface area (Å²) in [5.74, 6) is 1.15. The lowest BCUT2D eigenvalue weighted by atomic mass is 10.1. The Hall–Kier alpha value is -0.650. The highest BCUT2D eigenvalue weighted by molar-refractivity contribution is 5.76. The van der Waals surface area contributed by atoms with Gasteiger partial charge in [0.1, 0.15) is 0 Å². The number of carbonyl (C=O) groups excluding carboxylic acids is 1. The van der Waals surface area contributed by atoms with Gasteiger partial charge in [-0.1, -0.05) is 12.8 Å². The van der Waals surface area contributed by atoms with E-state index in [-0.39, 0.29) is 0 Å². The first-order chi connectivity index (χ1) is 11.3. The van der Waals surface area contributed by atoms with E-state index in [1.807, 2.05) is 4.90 Å². The Balaban J connectivity index is 1.27. The van der Waals surface area contributed by atoms with Gasteiger partial charge in [0.05, 0.1) is 6.10 Å². The lowest BCUT2D eigenvalue weighted by Gasteiger charge is -2.33. The molecule has 1 aliphatic carbocycles. The molecule has 0 aromatic carbocycles. The van der Waals surface area contributed by atoms with Crippen LogP contribution < -0.4 is 5.32 Å². The largest absolute Gasteiger partial charge is 0.378 e. The second-order valence-electron chi connectivity index (χ2n) is 7.41. The van der Waals surface area contributed by atoms with Gasteiger partial charge in [0.15, 0.2) is 0 Å². The molecule has 0 bridgehead atoms. The standard InChI is InChI=1S/C18H33N3O2/c22-18(21-13-8-19-9-14-21)7-12-20-10-5-17(6-11-20)23-15-16-3-1-2-4-16/h16-17,19H,1-15H2. The van der Waals surface area contributed by atoms with Crippen LogP contribution >= 0.6 is 0 Å². The second kappa shape index (κ2) is 9.00. The monoisotopic (exact) mass is 323 g/mol. The predicted molar refractivity (Wildman–Crippen MR) is 91.4 cm³/mol. The van der Waals surface area contributed by atoms with Crippen LogP contribution in [0.3, 0.4) is 0 Å². The van der Waals surface area contributed by atoms with Gasteiger partial charge in [0, 0.05) is 58.8 Å². The third-order valence-corrected chi connectivity index (χ3v) is 5.69. The van der Waals surface area contributed by atoms with E-state index >= 15 is 0 Å². The van der Waals surface area contributed by atoms with E-state index in [2.05, 4.69) is 10.2 Å². The normalized spacial score (nSPS) is 25.1. The van der Waals surface area contributed by atoms with Crippen molar-refractivity contribution < 1.29 is 9.53 Å². The molecule has 3 fully saturated rings. The number of carbonyl (C=O) groups is 1. The van der Waals surface area contributed by atoms with Crippen molar-refractivity contribution in [2.24, 2.45) is 5.92 Å². The Morgan fingerprint density at radius 2 is 1.70 bits per heavy atom. The fourth-order valence-corrected chi connectivity index (χ4v) is 4.07. The molecule has 23 heavy (non-hydrogen) atoms. The first-order valence-electron chi connectivity index (χ1n) is 9.64. The number of nitrogens with one attached hydrogen (secondary N) is 1. The Labute approximate surface area is 140 Å². The third kappa shape index (κ3) is 5.44. The fourth-order valence-electron chi connectivity index (χ4n) is 4.07. The van der Waals surface area contributed by atoms with Crippen LogP contribution in [0.15, 0.2) is 0 Å². The zero-order valence-electron chi connectivity index (χ0n) is 14.5. The molecule has 0 aromatic heterocycles. The molecule has 0 atom stereocenters. The first-order valence-corrected chi connectivity index (χ1v) is 9.64. The molecule has 0 unspecified atom stereocenters. The van der Waals surface area contributed by atoms with E-state index in [0.717, 1.165) is 71.2 Å². The number of piperidine rings is 1. The van der Waals surface area contributed by atoms with Gasteiger partial charge < -0.3 is 19.9 Å². The molecule has 1 saturated carbocycles. The number of ether oxygens (including phenoxy) is 1. The maximum absolute atomic E-state index is 12.2. The van der Waals surface area contributed by atoms with E-state index in [4.69, 9.17) is 4.74 Å². The van der Waals surface area contributed by atoms with Crippen LogP contribution in [-0.4, -0.2) is 74.2 Å². The van der Waals surface area contributed by atoms with E-state index in [1.54, 1.807) is 0 Å². The molecule has 5 nitrogen and oxygen atoms in total.